The number of rotatable bonds is 2. The van der Waals surface area contributed by atoms with Gasteiger partial charge in [0, 0.05) is 5.70 Å². The molecule has 66 valence electrons. The second-order valence-corrected chi connectivity index (χ2v) is 2.48. The Morgan fingerprint density at radius 2 is 2.33 bits per heavy atom. The first-order valence-corrected chi connectivity index (χ1v) is 4.03. The van der Waals surface area contributed by atoms with Gasteiger partial charge in [-0.2, -0.15) is 0 Å². The fraction of sp³-hybridized carbons (Fsp3) is 0.444. The molecular weight excluding hydrogens is 154 g/mol. The standard InChI is InChI=1S/C9H13NO2/c1-3-5-8(4-2)10-6-7-12-9(10)11/h3-5H,6-7H2,1-2H3/b5-3-,8-4+. The van der Waals surface area contributed by atoms with Crippen LogP contribution >= 0.6 is 0 Å². The van der Waals surface area contributed by atoms with Crippen molar-refractivity contribution >= 4 is 6.09 Å². The Labute approximate surface area is 72.3 Å². The van der Waals surface area contributed by atoms with Gasteiger partial charge in [0.2, 0.25) is 0 Å². The molecule has 12 heavy (non-hydrogen) atoms. The van der Waals surface area contributed by atoms with Gasteiger partial charge in [0.15, 0.2) is 0 Å². The van der Waals surface area contributed by atoms with Crippen molar-refractivity contribution in [2.75, 3.05) is 13.2 Å². The molecule has 0 bridgehead atoms. The highest BCUT2D eigenvalue weighted by molar-refractivity contribution is 5.72. The number of amides is 1. The third-order valence-electron chi connectivity index (χ3n) is 1.71. The minimum atomic E-state index is -0.249. The second-order valence-electron chi connectivity index (χ2n) is 2.48. The summed E-state index contributed by atoms with van der Waals surface area (Å²) in [6.07, 6.45) is 5.45. The van der Waals surface area contributed by atoms with Crippen molar-refractivity contribution in [3.63, 3.8) is 0 Å². The van der Waals surface area contributed by atoms with Crippen LogP contribution in [0.3, 0.4) is 0 Å². The SMILES string of the molecule is C/C=C\C(=C/C)N1CCOC1=O. The molecule has 0 atom stereocenters. The van der Waals surface area contributed by atoms with Gasteiger partial charge in [-0.15, -0.1) is 0 Å². The van der Waals surface area contributed by atoms with Crippen molar-refractivity contribution in [2.24, 2.45) is 0 Å². The largest absolute Gasteiger partial charge is 0.447 e. The van der Waals surface area contributed by atoms with E-state index in [1.54, 1.807) is 4.90 Å². The van der Waals surface area contributed by atoms with Crippen LogP contribution in [-0.4, -0.2) is 24.1 Å². The molecule has 0 spiro atoms. The summed E-state index contributed by atoms with van der Waals surface area (Å²) in [4.78, 5) is 12.7. The molecule has 1 amide bonds. The highest BCUT2D eigenvalue weighted by Gasteiger charge is 2.23. The Kier molecular flexibility index (Phi) is 2.91. The van der Waals surface area contributed by atoms with Crippen molar-refractivity contribution < 1.29 is 9.53 Å². The molecule has 1 rings (SSSR count). The maximum atomic E-state index is 11.1. The van der Waals surface area contributed by atoms with E-state index in [4.69, 9.17) is 4.74 Å². The Balaban J connectivity index is 2.72. The molecule has 0 aromatic carbocycles. The van der Waals surface area contributed by atoms with E-state index in [1.807, 2.05) is 32.1 Å². The van der Waals surface area contributed by atoms with E-state index in [9.17, 15) is 4.79 Å². The predicted octanol–water partition coefficient (Wildman–Crippen LogP) is 1.92. The monoisotopic (exact) mass is 167 g/mol. The van der Waals surface area contributed by atoms with Crippen molar-refractivity contribution in [2.45, 2.75) is 13.8 Å². The Hall–Kier alpha value is -1.25. The third kappa shape index (κ3) is 1.67. The maximum Gasteiger partial charge on any atom is 0.414 e. The lowest BCUT2D eigenvalue weighted by Gasteiger charge is -2.12. The summed E-state index contributed by atoms with van der Waals surface area (Å²) < 4.78 is 4.81. The topological polar surface area (TPSA) is 29.5 Å². The average Bonchev–Trinajstić information content (AvgIpc) is 2.47. The van der Waals surface area contributed by atoms with Crippen LogP contribution in [0.4, 0.5) is 4.79 Å². The molecule has 0 saturated carbocycles. The summed E-state index contributed by atoms with van der Waals surface area (Å²) in [7, 11) is 0. The summed E-state index contributed by atoms with van der Waals surface area (Å²) in [6, 6.07) is 0. The van der Waals surface area contributed by atoms with E-state index in [0.717, 1.165) is 5.70 Å². The Morgan fingerprint density at radius 3 is 2.75 bits per heavy atom. The summed E-state index contributed by atoms with van der Waals surface area (Å²) in [6.45, 7) is 4.97. The molecule has 1 aliphatic rings. The van der Waals surface area contributed by atoms with Crippen molar-refractivity contribution in [1.82, 2.24) is 4.90 Å². The number of hydrogen-bond donors (Lipinski definition) is 0. The number of hydrogen-bond acceptors (Lipinski definition) is 2. The second kappa shape index (κ2) is 3.95. The van der Waals surface area contributed by atoms with Gasteiger partial charge in [-0.1, -0.05) is 12.2 Å². The van der Waals surface area contributed by atoms with Crippen LogP contribution in [0.25, 0.3) is 0 Å². The van der Waals surface area contributed by atoms with Crippen LogP contribution < -0.4 is 0 Å². The average molecular weight is 167 g/mol. The highest BCUT2D eigenvalue weighted by Crippen LogP contribution is 2.12. The molecule has 0 aliphatic carbocycles. The van der Waals surface area contributed by atoms with Gasteiger partial charge >= 0.3 is 6.09 Å². The van der Waals surface area contributed by atoms with Gasteiger partial charge in [-0.25, -0.2) is 4.79 Å². The number of allylic oxidation sites excluding steroid dienone is 3. The van der Waals surface area contributed by atoms with Crippen LogP contribution in [0.1, 0.15) is 13.8 Å². The van der Waals surface area contributed by atoms with Gasteiger partial charge in [0.1, 0.15) is 6.61 Å². The fourth-order valence-electron chi connectivity index (χ4n) is 1.14. The summed E-state index contributed by atoms with van der Waals surface area (Å²) in [5, 5.41) is 0. The summed E-state index contributed by atoms with van der Waals surface area (Å²) >= 11 is 0. The van der Waals surface area contributed by atoms with E-state index < -0.39 is 0 Å². The lowest BCUT2D eigenvalue weighted by Crippen LogP contribution is -2.22. The van der Waals surface area contributed by atoms with Crippen LogP contribution in [0.15, 0.2) is 23.9 Å². The van der Waals surface area contributed by atoms with E-state index in [0.29, 0.717) is 13.2 Å². The lowest BCUT2D eigenvalue weighted by atomic mass is 10.3. The molecule has 0 aromatic rings. The zero-order chi connectivity index (χ0) is 8.97. The maximum absolute atomic E-state index is 11.1. The summed E-state index contributed by atoms with van der Waals surface area (Å²) in [5.41, 5.74) is 0.903. The highest BCUT2D eigenvalue weighted by atomic mass is 16.6. The zero-order valence-electron chi connectivity index (χ0n) is 7.41. The van der Waals surface area contributed by atoms with Crippen LogP contribution in [0.2, 0.25) is 0 Å². The van der Waals surface area contributed by atoms with Crippen molar-refractivity contribution in [3.05, 3.63) is 23.9 Å². The molecule has 1 heterocycles. The molecule has 3 nitrogen and oxygen atoms in total. The lowest BCUT2D eigenvalue weighted by molar-refractivity contribution is 0.165. The number of ether oxygens (including phenoxy) is 1. The fourth-order valence-corrected chi connectivity index (χ4v) is 1.14. The molecule has 1 aliphatic heterocycles. The third-order valence-corrected chi connectivity index (χ3v) is 1.71. The zero-order valence-corrected chi connectivity index (χ0v) is 7.41. The molecule has 0 N–H and O–H groups in total. The Morgan fingerprint density at radius 1 is 1.58 bits per heavy atom. The Bertz CT molecular complexity index is 231. The normalized spacial score (nSPS) is 19.0. The van der Waals surface area contributed by atoms with E-state index in [-0.39, 0.29) is 6.09 Å². The first-order chi connectivity index (χ1) is 5.79. The molecule has 1 fully saturated rings. The van der Waals surface area contributed by atoms with Crippen LogP contribution in [0.5, 0.6) is 0 Å². The van der Waals surface area contributed by atoms with Crippen molar-refractivity contribution in [3.8, 4) is 0 Å². The smallest absolute Gasteiger partial charge is 0.414 e. The van der Waals surface area contributed by atoms with Crippen molar-refractivity contribution in [1.29, 1.82) is 0 Å². The first-order valence-electron chi connectivity index (χ1n) is 4.03. The quantitative estimate of drug-likeness (QED) is 0.588. The number of carbonyl (C=O) groups excluding carboxylic acids is 1. The van der Waals surface area contributed by atoms with Crippen LogP contribution in [0, 0.1) is 0 Å². The van der Waals surface area contributed by atoms with Gasteiger partial charge in [0.25, 0.3) is 0 Å². The minimum absolute atomic E-state index is 0.249. The molecule has 0 unspecified atom stereocenters. The number of nitrogens with zero attached hydrogens (tertiary/aromatic N) is 1. The predicted molar refractivity (Wildman–Crippen MR) is 46.6 cm³/mol. The van der Waals surface area contributed by atoms with Gasteiger partial charge < -0.3 is 4.74 Å². The number of cyclic esters (lactones) is 1. The summed E-state index contributed by atoms with van der Waals surface area (Å²) in [5.74, 6) is 0. The van der Waals surface area contributed by atoms with Gasteiger partial charge in [-0.3, -0.25) is 4.90 Å². The molecule has 1 saturated heterocycles. The minimum Gasteiger partial charge on any atom is -0.447 e. The van der Waals surface area contributed by atoms with E-state index >= 15 is 0 Å². The van der Waals surface area contributed by atoms with Gasteiger partial charge in [-0.05, 0) is 19.9 Å². The number of carbonyl (C=O) groups is 1. The van der Waals surface area contributed by atoms with E-state index in [1.165, 1.54) is 0 Å². The molecule has 0 aromatic heterocycles. The van der Waals surface area contributed by atoms with Gasteiger partial charge in [0.05, 0.1) is 6.54 Å². The van der Waals surface area contributed by atoms with Crippen LogP contribution in [-0.2, 0) is 4.74 Å². The first kappa shape index (κ1) is 8.84. The molecular formula is C9H13NO2. The van der Waals surface area contributed by atoms with E-state index in [2.05, 4.69) is 0 Å². The molecule has 0 radical (unpaired) electrons. The molecule has 3 heteroatoms.